The molecule has 5 heteroatoms. The summed E-state index contributed by atoms with van der Waals surface area (Å²) in [6, 6.07) is 14.8. The van der Waals surface area contributed by atoms with E-state index in [0.717, 1.165) is 16.8 Å². The van der Waals surface area contributed by atoms with Crippen molar-refractivity contribution in [2.24, 2.45) is 0 Å². The van der Waals surface area contributed by atoms with E-state index in [9.17, 15) is 9.18 Å². The summed E-state index contributed by atoms with van der Waals surface area (Å²) in [5.41, 5.74) is 3.35. The van der Waals surface area contributed by atoms with Gasteiger partial charge >= 0.3 is 0 Å². The molecule has 0 unspecified atom stereocenters. The Hall–Kier alpha value is -2.95. The van der Waals surface area contributed by atoms with E-state index in [4.69, 9.17) is 0 Å². The monoisotopic (exact) mass is 337 g/mol. The number of para-hydroxylation sites is 1. The molecule has 1 amide bonds. The third-order valence-electron chi connectivity index (χ3n) is 4.02. The number of hydrogen-bond donors (Lipinski definition) is 1. The van der Waals surface area contributed by atoms with Gasteiger partial charge in [-0.25, -0.2) is 9.07 Å². The molecule has 0 atom stereocenters. The van der Waals surface area contributed by atoms with E-state index < -0.39 is 0 Å². The summed E-state index contributed by atoms with van der Waals surface area (Å²) in [4.78, 5) is 12.0. The highest BCUT2D eigenvalue weighted by Gasteiger charge is 2.06. The summed E-state index contributed by atoms with van der Waals surface area (Å²) in [6.07, 6.45) is 4.68. The molecule has 128 valence electrons. The standard InChI is InChI=1S/C20H20FN3O/c1-15-7-8-16(11-19(15)21)12-22-20(25)10-9-17-13-23-24(14-17)18-5-3-2-4-6-18/h2-8,11,13-14H,9-10,12H2,1H3,(H,22,25). The molecule has 0 saturated carbocycles. The molecule has 0 spiro atoms. The maximum atomic E-state index is 13.5. The lowest BCUT2D eigenvalue weighted by molar-refractivity contribution is -0.121. The number of halogens is 1. The zero-order chi connectivity index (χ0) is 17.6. The van der Waals surface area contributed by atoms with Crippen molar-refractivity contribution in [2.75, 3.05) is 0 Å². The molecule has 0 aliphatic heterocycles. The Bertz CT molecular complexity index is 858. The van der Waals surface area contributed by atoms with Crippen LogP contribution in [0.5, 0.6) is 0 Å². The fourth-order valence-corrected chi connectivity index (χ4v) is 2.50. The van der Waals surface area contributed by atoms with Crippen molar-refractivity contribution in [3.8, 4) is 5.69 Å². The molecule has 0 saturated heterocycles. The second kappa shape index (κ2) is 7.75. The Morgan fingerprint density at radius 1 is 1.16 bits per heavy atom. The second-order valence-electron chi connectivity index (χ2n) is 5.99. The van der Waals surface area contributed by atoms with E-state index in [1.54, 1.807) is 23.9 Å². The van der Waals surface area contributed by atoms with E-state index in [1.165, 1.54) is 6.07 Å². The maximum absolute atomic E-state index is 13.5. The highest BCUT2D eigenvalue weighted by atomic mass is 19.1. The molecule has 1 N–H and O–H groups in total. The van der Waals surface area contributed by atoms with Gasteiger partial charge in [0.1, 0.15) is 5.82 Å². The predicted octanol–water partition coefficient (Wildman–Crippen LogP) is 3.57. The van der Waals surface area contributed by atoms with Crippen LogP contribution in [0.4, 0.5) is 4.39 Å². The fourth-order valence-electron chi connectivity index (χ4n) is 2.50. The number of rotatable bonds is 6. The fraction of sp³-hybridized carbons (Fsp3) is 0.200. The highest BCUT2D eigenvalue weighted by Crippen LogP contribution is 2.10. The van der Waals surface area contributed by atoms with Crippen molar-refractivity contribution in [1.82, 2.24) is 15.1 Å². The normalized spacial score (nSPS) is 10.6. The van der Waals surface area contributed by atoms with Gasteiger partial charge in [0.05, 0.1) is 11.9 Å². The molecule has 2 aromatic carbocycles. The topological polar surface area (TPSA) is 46.9 Å². The van der Waals surface area contributed by atoms with Crippen LogP contribution in [0, 0.1) is 12.7 Å². The van der Waals surface area contributed by atoms with Crippen molar-refractivity contribution < 1.29 is 9.18 Å². The first-order chi connectivity index (χ1) is 12.1. The predicted molar refractivity (Wildman–Crippen MR) is 94.9 cm³/mol. The molecule has 0 aliphatic carbocycles. The number of benzene rings is 2. The molecule has 0 fully saturated rings. The van der Waals surface area contributed by atoms with E-state index in [-0.39, 0.29) is 11.7 Å². The lowest BCUT2D eigenvalue weighted by Gasteiger charge is -2.06. The van der Waals surface area contributed by atoms with Crippen LogP contribution in [0.25, 0.3) is 5.69 Å². The highest BCUT2D eigenvalue weighted by molar-refractivity contribution is 5.76. The van der Waals surface area contributed by atoms with Gasteiger partial charge in [0.15, 0.2) is 0 Å². The van der Waals surface area contributed by atoms with Crippen LogP contribution in [0.3, 0.4) is 0 Å². The molecular formula is C20H20FN3O. The summed E-state index contributed by atoms with van der Waals surface area (Å²) < 4.78 is 15.3. The number of hydrogen-bond acceptors (Lipinski definition) is 2. The Kier molecular flexibility index (Phi) is 5.23. The quantitative estimate of drug-likeness (QED) is 0.747. The van der Waals surface area contributed by atoms with E-state index >= 15 is 0 Å². The number of nitrogens with one attached hydrogen (secondary N) is 1. The van der Waals surface area contributed by atoms with Crippen LogP contribution in [0.1, 0.15) is 23.1 Å². The lowest BCUT2D eigenvalue weighted by atomic mass is 10.1. The first-order valence-corrected chi connectivity index (χ1v) is 8.22. The first-order valence-electron chi connectivity index (χ1n) is 8.22. The van der Waals surface area contributed by atoms with Crippen molar-refractivity contribution in [2.45, 2.75) is 26.3 Å². The van der Waals surface area contributed by atoms with Gasteiger partial charge in [-0.1, -0.05) is 30.3 Å². The summed E-state index contributed by atoms with van der Waals surface area (Å²) in [7, 11) is 0. The van der Waals surface area contributed by atoms with Gasteiger partial charge in [0.25, 0.3) is 0 Å². The Labute approximate surface area is 146 Å². The van der Waals surface area contributed by atoms with Crippen molar-refractivity contribution >= 4 is 5.91 Å². The van der Waals surface area contributed by atoms with Gasteiger partial charge in [-0.3, -0.25) is 4.79 Å². The third-order valence-corrected chi connectivity index (χ3v) is 4.02. The molecule has 0 radical (unpaired) electrons. The van der Waals surface area contributed by atoms with Crippen LogP contribution in [-0.2, 0) is 17.8 Å². The average Bonchev–Trinajstić information content (AvgIpc) is 3.11. The number of aromatic nitrogens is 2. The minimum Gasteiger partial charge on any atom is -0.352 e. The van der Waals surface area contributed by atoms with Crippen LogP contribution in [0.15, 0.2) is 60.9 Å². The summed E-state index contributed by atoms with van der Waals surface area (Å²) in [5.74, 6) is -0.312. The Balaban J connectivity index is 1.49. The van der Waals surface area contributed by atoms with Crippen molar-refractivity contribution in [1.29, 1.82) is 0 Å². The number of aryl methyl sites for hydroxylation is 2. The third kappa shape index (κ3) is 4.53. The summed E-state index contributed by atoms with van der Waals surface area (Å²) >= 11 is 0. The molecule has 3 aromatic rings. The SMILES string of the molecule is Cc1ccc(CNC(=O)CCc2cnn(-c3ccccc3)c2)cc1F. The maximum Gasteiger partial charge on any atom is 0.220 e. The van der Waals surface area contributed by atoms with Gasteiger partial charge < -0.3 is 5.32 Å². The average molecular weight is 337 g/mol. The molecule has 0 bridgehead atoms. The van der Waals surface area contributed by atoms with Crippen LogP contribution >= 0.6 is 0 Å². The van der Waals surface area contributed by atoms with Crippen molar-refractivity contribution in [3.63, 3.8) is 0 Å². The Morgan fingerprint density at radius 3 is 2.72 bits per heavy atom. The summed E-state index contributed by atoms with van der Waals surface area (Å²) in [6.45, 7) is 2.05. The number of carbonyl (C=O) groups excluding carboxylic acids is 1. The lowest BCUT2D eigenvalue weighted by Crippen LogP contribution is -2.23. The van der Waals surface area contributed by atoms with Gasteiger partial charge in [-0.2, -0.15) is 5.10 Å². The molecule has 1 heterocycles. The molecule has 1 aromatic heterocycles. The largest absolute Gasteiger partial charge is 0.352 e. The number of nitrogens with zero attached hydrogens (tertiary/aromatic N) is 2. The van der Waals surface area contributed by atoms with Gasteiger partial charge in [-0.05, 0) is 48.2 Å². The van der Waals surface area contributed by atoms with Gasteiger partial charge in [0.2, 0.25) is 5.91 Å². The van der Waals surface area contributed by atoms with Crippen molar-refractivity contribution in [3.05, 3.63) is 83.4 Å². The Morgan fingerprint density at radius 2 is 1.96 bits per heavy atom. The first kappa shape index (κ1) is 16.9. The van der Waals surface area contributed by atoms with Crippen LogP contribution in [-0.4, -0.2) is 15.7 Å². The smallest absolute Gasteiger partial charge is 0.220 e. The summed E-state index contributed by atoms with van der Waals surface area (Å²) in [5, 5.41) is 7.14. The van der Waals surface area contributed by atoms with E-state index in [0.29, 0.717) is 24.9 Å². The van der Waals surface area contributed by atoms with E-state index in [1.807, 2.05) is 42.6 Å². The molecule has 3 rings (SSSR count). The minimum atomic E-state index is -0.250. The molecule has 4 nitrogen and oxygen atoms in total. The minimum absolute atomic E-state index is 0.0616. The second-order valence-corrected chi connectivity index (χ2v) is 5.99. The van der Waals surface area contributed by atoms with E-state index in [2.05, 4.69) is 10.4 Å². The number of carbonyl (C=O) groups is 1. The van der Waals surface area contributed by atoms with Gasteiger partial charge in [0, 0.05) is 19.2 Å². The molecular weight excluding hydrogens is 317 g/mol. The number of amides is 1. The van der Waals surface area contributed by atoms with Crippen LogP contribution < -0.4 is 5.32 Å². The molecule has 0 aliphatic rings. The molecule has 25 heavy (non-hydrogen) atoms. The zero-order valence-corrected chi connectivity index (χ0v) is 14.1. The zero-order valence-electron chi connectivity index (χ0n) is 14.1. The van der Waals surface area contributed by atoms with Gasteiger partial charge in [-0.15, -0.1) is 0 Å². The van der Waals surface area contributed by atoms with Crippen LogP contribution in [0.2, 0.25) is 0 Å².